The van der Waals surface area contributed by atoms with Crippen LogP contribution in [0.5, 0.6) is 0 Å². The summed E-state index contributed by atoms with van der Waals surface area (Å²) in [5.41, 5.74) is 2.21. The zero-order valence-corrected chi connectivity index (χ0v) is 10.9. The first kappa shape index (κ1) is 12.6. The first-order valence-electron chi connectivity index (χ1n) is 6.47. The number of aliphatic hydroxyl groups is 1. The normalized spacial score (nSPS) is 42.5. The molecule has 0 aromatic heterocycles. The van der Waals surface area contributed by atoms with Crippen LogP contribution >= 0.6 is 0 Å². The molecule has 0 spiro atoms. The van der Waals surface area contributed by atoms with Gasteiger partial charge >= 0.3 is 0 Å². The van der Waals surface area contributed by atoms with Crippen LogP contribution in [0.2, 0.25) is 0 Å². The van der Waals surface area contributed by atoms with Crippen LogP contribution < -0.4 is 0 Å². The van der Waals surface area contributed by atoms with Crippen LogP contribution in [0.15, 0.2) is 23.3 Å². The third-order valence-corrected chi connectivity index (χ3v) is 4.59. The predicted octanol–water partition coefficient (Wildman–Crippen LogP) is 2.88. The van der Waals surface area contributed by atoms with Gasteiger partial charge in [0.1, 0.15) is 6.29 Å². The van der Waals surface area contributed by atoms with Gasteiger partial charge in [-0.05, 0) is 54.6 Å². The van der Waals surface area contributed by atoms with Gasteiger partial charge in [0, 0.05) is 0 Å². The van der Waals surface area contributed by atoms with Gasteiger partial charge in [0.05, 0.1) is 6.10 Å². The molecular weight excluding hydrogens is 212 g/mol. The molecular formula is C15H22O2. The van der Waals surface area contributed by atoms with Crippen molar-refractivity contribution in [2.75, 3.05) is 0 Å². The van der Waals surface area contributed by atoms with Gasteiger partial charge in [-0.1, -0.05) is 26.0 Å². The van der Waals surface area contributed by atoms with E-state index in [-0.39, 0.29) is 11.5 Å². The van der Waals surface area contributed by atoms with Crippen LogP contribution in [0.25, 0.3) is 0 Å². The Hall–Kier alpha value is -0.890. The minimum atomic E-state index is -0.310. The summed E-state index contributed by atoms with van der Waals surface area (Å²) in [7, 11) is 0. The molecule has 0 aliphatic heterocycles. The van der Waals surface area contributed by atoms with Gasteiger partial charge in [-0.25, -0.2) is 0 Å². The summed E-state index contributed by atoms with van der Waals surface area (Å²) in [6, 6.07) is 0. The van der Waals surface area contributed by atoms with Gasteiger partial charge in [0.15, 0.2) is 0 Å². The maximum Gasteiger partial charge on any atom is 0.145 e. The van der Waals surface area contributed by atoms with Crippen LogP contribution in [-0.4, -0.2) is 17.5 Å². The van der Waals surface area contributed by atoms with Crippen molar-refractivity contribution in [2.24, 2.45) is 17.3 Å². The first-order valence-corrected chi connectivity index (χ1v) is 6.47. The lowest BCUT2D eigenvalue weighted by Gasteiger charge is -2.13. The van der Waals surface area contributed by atoms with E-state index < -0.39 is 0 Å². The minimum Gasteiger partial charge on any atom is -0.389 e. The van der Waals surface area contributed by atoms with E-state index in [2.05, 4.69) is 26.0 Å². The van der Waals surface area contributed by atoms with Crippen LogP contribution in [-0.2, 0) is 4.79 Å². The number of allylic oxidation sites excluding steroid dienone is 3. The average molecular weight is 234 g/mol. The topological polar surface area (TPSA) is 37.3 Å². The number of aldehydes is 1. The SMILES string of the molecule is C/C1=C\CC/C(C=O)=C\[C@H]2[C@@H](C[C@H]1O)C2(C)C. The molecule has 94 valence electrons. The molecule has 0 amide bonds. The molecule has 2 heteroatoms. The Labute approximate surface area is 103 Å². The summed E-state index contributed by atoms with van der Waals surface area (Å²) in [6.07, 6.45) is 7.36. The zero-order chi connectivity index (χ0) is 12.6. The molecule has 2 aliphatic carbocycles. The van der Waals surface area contributed by atoms with Gasteiger partial charge in [0.2, 0.25) is 0 Å². The van der Waals surface area contributed by atoms with Gasteiger partial charge in [0.25, 0.3) is 0 Å². The fourth-order valence-electron chi connectivity index (χ4n) is 3.01. The summed E-state index contributed by atoms with van der Waals surface area (Å²) in [6.45, 7) is 6.44. The van der Waals surface area contributed by atoms with E-state index in [0.717, 1.165) is 36.7 Å². The van der Waals surface area contributed by atoms with Crippen molar-refractivity contribution in [1.82, 2.24) is 0 Å². The lowest BCUT2D eigenvalue weighted by molar-refractivity contribution is -0.105. The number of rotatable bonds is 1. The molecule has 2 aliphatic rings. The molecule has 17 heavy (non-hydrogen) atoms. The van der Waals surface area contributed by atoms with Crippen molar-refractivity contribution in [1.29, 1.82) is 0 Å². The Morgan fingerprint density at radius 1 is 1.47 bits per heavy atom. The summed E-state index contributed by atoms with van der Waals surface area (Å²) in [4.78, 5) is 11.0. The van der Waals surface area contributed by atoms with E-state index in [0.29, 0.717) is 11.8 Å². The fourth-order valence-corrected chi connectivity index (χ4v) is 3.01. The average Bonchev–Trinajstić information content (AvgIpc) is 2.78. The predicted molar refractivity (Wildman–Crippen MR) is 68.5 cm³/mol. The van der Waals surface area contributed by atoms with E-state index >= 15 is 0 Å². The Bertz CT molecular complexity index is 376. The second-order valence-corrected chi connectivity index (χ2v) is 6.05. The van der Waals surface area contributed by atoms with E-state index in [9.17, 15) is 9.90 Å². The molecule has 2 nitrogen and oxygen atoms in total. The third-order valence-electron chi connectivity index (χ3n) is 4.59. The highest BCUT2D eigenvalue weighted by molar-refractivity contribution is 5.73. The first-order chi connectivity index (χ1) is 7.96. The highest BCUT2D eigenvalue weighted by Gasteiger charge is 2.56. The molecule has 0 saturated heterocycles. The number of carbonyl (C=O) groups is 1. The number of hydrogen-bond acceptors (Lipinski definition) is 2. The molecule has 0 aromatic rings. The number of carbonyl (C=O) groups excluding carboxylic acids is 1. The molecule has 0 radical (unpaired) electrons. The van der Waals surface area contributed by atoms with Gasteiger partial charge in [-0.2, -0.15) is 0 Å². The minimum absolute atomic E-state index is 0.236. The second kappa shape index (κ2) is 4.41. The molecule has 1 saturated carbocycles. The monoisotopic (exact) mass is 234 g/mol. The smallest absolute Gasteiger partial charge is 0.145 e. The van der Waals surface area contributed by atoms with Gasteiger partial charge < -0.3 is 5.11 Å². The Balaban J connectivity index is 2.23. The maximum atomic E-state index is 11.0. The molecule has 0 heterocycles. The molecule has 0 unspecified atom stereocenters. The van der Waals surface area contributed by atoms with E-state index in [4.69, 9.17) is 0 Å². The van der Waals surface area contributed by atoms with E-state index in [1.165, 1.54) is 0 Å². The van der Waals surface area contributed by atoms with Crippen LogP contribution in [0.4, 0.5) is 0 Å². The van der Waals surface area contributed by atoms with Crippen LogP contribution in [0.3, 0.4) is 0 Å². The van der Waals surface area contributed by atoms with Crippen molar-refractivity contribution >= 4 is 6.29 Å². The van der Waals surface area contributed by atoms with E-state index in [1.54, 1.807) is 0 Å². The molecule has 1 N–H and O–H groups in total. The van der Waals surface area contributed by atoms with Crippen molar-refractivity contribution < 1.29 is 9.90 Å². The van der Waals surface area contributed by atoms with Crippen molar-refractivity contribution in [3.63, 3.8) is 0 Å². The molecule has 2 rings (SSSR count). The lowest BCUT2D eigenvalue weighted by Crippen LogP contribution is -2.11. The van der Waals surface area contributed by atoms with Gasteiger partial charge in [-0.3, -0.25) is 4.79 Å². The molecule has 0 aromatic carbocycles. The lowest BCUT2D eigenvalue weighted by atomic mass is 9.98. The quantitative estimate of drug-likeness (QED) is 0.559. The van der Waals surface area contributed by atoms with Crippen LogP contribution in [0, 0.1) is 17.3 Å². The highest BCUT2D eigenvalue weighted by atomic mass is 16.3. The Morgan fingerprint density at radius 3 is 2.82 bits per heavy atom. The molecule has 1 fully saturated rings. The number of fused-ring (bicyclic) bond motifs is 1. The fraction of sp³-hybridized carbons (Fsp3) is 0.667. The zero-order valence-electron chi connectivity index (χ0n) is 10.9. The summed E-state index contributed by atoms with van der Waals surface area (Å²) in [5.74, 6) is 0.970. The number of aliphatic hydroxyl groups excluding tert-OH is 1. The molecule has 0 bridgehead atoms. The van der Waals surface area contributed by atoms with Gasteiger partial charge in [-0.15, -0.1) is 0 Å². The third kappa shape index (κ3) is 2.37. The second-order valence-electron chi connectivity index (χ2n) is 6.05. The van der Waals surface area contributed by atoms with Crippen molar-refractivity contribution in [3.8, 4) is 0 Å². The summed E-state index contributed by atoms with van der Waals surface area (Å²) in [5, 5.41) is 10.1. The largest absolute Gasteiger partial charge is 0.389 e. The van der Waals surface area contributed by atoms with Crippen molar-refractivity contribution in [2.45, 2.75) is 46.1 Å². The van der Waals surface area contributed by atoms with Crippen molar-refractivity contribution in [3.05, 3.63) is 23.3 Å². The highest BCUT2D eigenvalue weighted by Crippen LogP contribution is 2.61. The summed E-state index contributed by atoms with van der Waals surface area (Å²) < 4.78 is 0. The maximum absolute atomic E-state index is 11.0. The van der Waals surface area contributed by atoms with E-state index in [1.807, 2.05) is 6.92 Å². The standard InChI is InChI=1S/C15H22O2/c1-10-5-4-6-11(9-16)7-12-13(8-14(10)17)15(12,2)3/h5,7,9,12-14,17H,4,6,8H2,1-3H3/b10-5+,11-7+/t12-,13+,14+/m0/s1. The summed E-state index contributed by atoms with van der Waals surface area (Å²) >= 11 is 0. The van der Waals surface area contributed by atoms with Crippen LogP contribution in [0.1, 0.15) is 40.0 Å². The number of hydrogen-bond donors (Lipinski definition) is 1. The Kier molecular flexibility index (Phi) is 3.26. The Morgan fingerprint density at radius 2 is 2.18 bits per heavy atom. The molecule has 3 atom stereocenters.